The number of nitrogens with zero attached hydrogens (tertiary/aromatic N) is 1. The average Bonchev–Trinajstić information content (AvgIpc) is 3.10. The molecule has 1 N–H and O–H groups in total. The SMILES string of the molecule is Fc1ccccc1NC(=S)N(Cc1ccccc1)Cc1ccco1. The van der Waals surface area contributed by atoms with Gasteiger partial charge in [-0.3, -0.25) is 0 Å². The molecule has 0 radical (unpaired) electrons. The highest BCUT2D eigenvalue weighted by atomic mass is 32.1. The van der Waals surface area contributed by atoms with Crippen molar-refractivity contribution in [3.63, 3.8) is 0 Å². The molecule has 0 saturated heterocycles. The van der Waals surface area contributed by atoms with E-state index in [-0.39, 0.29) is 5.82 Å². The Morgan fingerprint density at radius 3 is 2.42 bits per heavy atom. The van der Waals surface area contributed by atoms with Crippen molar-refractivity contribution < 1.29 is 8.81 Å². The standard InChI is InChI=1S/C19H17FN2OS/c20-17-10-4-5-11-18(17)21-19(24)22(14-16-9-6-12-23-16)13-15-7-2-1-3-8-15/h1-12H,13-14H2,(H,21,24). The minimum atomic E-state index is -0.336. The van der Waals surface area contributed by atoms with Crippen molar-refractivity contribution in [2.45, 2.75) is 13.1 Å². The van der Waals surface area contributed by atoms with Gasteiger partial charge in [-0.2, -0.15) is 0 Å². The largest absolute Gasteiger partial charge is 0.467 e. The van der Waals surface area contributed by atoms with Crippen molar-refractivity contribution in [1.82, 2.24) is 4.90 Å². The molecule has 0 bridgehead atoms. The van der Waals surface area contributed by atoms with E-state index in [4.69, 9.17) is 16.6 Å². The molecule has 1 aromatic heterocycles. The van der Waals surface area contributed by atoms with Gasteiger partial charge in [0.05, 0.1) is 18.5 Å². The number of rotatable bonds is 5. The normalized spacial score (nSPS) is 10.4. The van der Waals surface area contributed by atoms with Gasteiger partial charge in [0.1, 0.15) is 11.6 Å². The summed E-state index contributed by atoms with van der Waals surface area (Å²) in [4.78, 5) is 1.94. The summed E-state index contributed by atoms with van der Waals surface area (Å²) in [5.41, 5.74) is 1.47. The van der Waals surface area contributed by atoms with Gasteiger partial charge in [0.25, 0.3) is 0 Å². The van der Waals surface area contributed by atoms with E-state index in [0.717, 1.165) is 11.3 Å². The fraction of sp³-hybridized carbons (Fsp3) is 0.105. The fourth-order valence-electron chi connectivity index (χ4n) is 2.35. The molecular formula is C19H17FN2OS. The Bertz CT molecular complexity index is 790. The van der Waals surface area contributed by atoms with Crippen molar-refractivity contribution in [2.24, 2.45) is 0 Å². The van der Waals surface area contributed by atoms with Crippen molar-refractivity contribution >= 4 is 23.0 Å². The number of nitrogens with one attached hydrogen (secondary N) is 1. The summed E-state index contributed by atoms with van der Waals surface area (Å²) in [6.07, 6.45) is 1.63. The van der Waals surface area contributed by atoms with Crippen LogP contribution in [0, 0.1) is 5.82 Å². The molecule has 0 aliphatic rings. The van der Waals surface area contributed by atoms with E-state index in [1.54, 1.807) is 24.5 Å². The summed E-state index contributed by atoms with van der Waals surface area (Å²) in [7, 11) is 0. The first-order chi connectivity index (χ1) is 11.7. The van der Waals surface area contributed by atoms with E-state index in [1.165, 1.54) is 6.07 Å². The van der Waals surface area contributed by atoms with Crippen LogP contribution in [0.3, 0.4) is 0 Å². The molecular weight excluding hydrogens is 323 g/mol. The fourth-order valence-corrected chi connectivity index (χ4v) is 2.59. The molecule has 0 aliphatic carbocycles. The van der Waals surface area contributed by atoms with Crippen molar-refractivity contribution in [2.75, 3.05) is 5.32 Å². The van der Waals surface area contributed by atoms with Gasteiger partial charge in [0, 0.05) is 6.54 Å². The lowest BCUT2D eigenvalue weighted by Crippen LogP contribution is -2.34. The van der Waals surface area contributed by atoms with E-state index in [9.17, 15) is 4.39 Å². The molecule has 0 fully saturated rings. The second kappa shape index (κ2) is 7.75. The average molecular weight is 340 g/mol. The van der Waals surface area contributed by atoms with Crippen LogP contribution in [0.15, 0.2) is 77.4 Å². The number of para-hydroxylation sites is 1. The Hall–Kier alpha value is -2.66. The first-order valence-electron chi connectivity index (χ1n) is 7.59. The number of anilines is 1. The lowest BCUT2D eigenvalue weighted by molar-refractivity contribution is 0.360. The third-order valence-corrected chi connectivity index (χ3v) is 3.91. The molecule has 0 spiro atoms. The molecule has 24 heavy (non-hydrogen) atoms. The van der Waals surface area contributed by atoms with Crippen LogP contribution in [-0.4, -0.2) is 10.0 Å². The maximum atomic E-state index is 13.9. The lowest BCUT2D eigenvalue weighted by atomic mass is 10.2. The van der Waals surface area contributed by atoms with Crippen molar-refractivity contribution in [1.29, 1.82) is 0 Å². The number of thiocarbonyl (C=S) groups is 1. The molecule has 1 heterocycles. The lowest BCUT2D eigenvalue weighted by Gasteiger charge is -2.25. The van der Waals surface area contributed by atoms with Crippen molar-refractivity contribution in [3.05, 3.63) is 90.1 Å². The van der Waals surface area contributed by atoms with E-state index in [1.807, 2.05) is 47.4 Å². The molecule has 3 nitrogen and oxygen atoms in total. The first kappa shape index (κ1) is 16.2. The van der Waals surface area contributed by atoms with E-state index >= 15 is 0 Å². The Morgan fingerprint density at radius 1 is 0.958 bits per heavy atom. The highest BCUT2D eigenvalue weighted by Gasteiger charge is 2.14. The highest BCUT2D eigenvalue weighted by Crippen LogP contribution is 2.16. The molecule has 2 aromatic carbocycles. The third-order valence-electron chi connectivity index (χ3n) is 3.55. The molecule has 0 amide bonds. The monoisotopic (exact) mass is 340 g/mol. The van der Waals surface area contributed by atoms with Gasteiger partial charge in [-0.25, -0.2) is 4.39 Å². The number of benzene rings is 2. The first-order valence-corrected chi connectivity index (χ1v) is 8.00. The van der Waals surface area contributed by atoms with Crippen LogP contribution in [0.25, 0.3) is 0 Å². The molecule has 0 aliphatic heterocycles. The van der Waals surface area contributed by atoms with Crippen LogP contribution in [0.2, 0.25) is 0 Å². The van der Waals surface area contributed by atoms with Crippen LogP contribution in [0.1, 0.15) is 11.3 Å². The molecule has 0 saturated carbocycles. The zero-order chi connectivity index (χ0) is 16.8. The third kappa shape index (κ3) is 4.20. The molecule has 3 aromatic rings. The molecule has 0 atom stereocenters. The second-order valence-corrected chi connectivity index (χ2v) is 5.72. The zero-order valence-electron chi connectivity index (χ0n) is 13.0. The van der Waals surface area contributed by atoms with Gasteiger partial charge < -0.3 is 14.6 Å². The zero-order valence-corrected chi connectivity index (χ0v) is 13.8. The van der Waals surface area contributed by atoms with Gasteiger partial charge in [0.2, 0.25) is 0 Å². The second-order valence-electron chi connectivity index (χ2n) is 5.33. The Kier molecular flexibility index (Phi) is 5.23. The van der Waals surface area contributed by atoms with Gasteiger partial charge in [-0.15, -0.1) is 0 Å². The summed E-state index contributed by atoms with van der Waals surface area (Å²) >= 11 is 5.50. The van der Waals surface area contributed by atoms with Gasteiger partial charge >= 0.3 is 0 Å². The quantitative estimate of drug-likeness (QED) is 0.674. The van der Waals surface area contributed by atoms with E-state index < -0.39 is 0 Å². The number of halogens is 1. The summed E-state index contributed by atoms with van der Waals surface area (Å²) in [5, 5.41) is 3.43. The summed E-state index contributed by atoms with van der Waals surface area (Å²) in [5.74, 6) is 0.459. The predicted molar refractivity (Wildman–Crippen MR) is 97.0 cm³/mol. The molecule has 0 unspecified atom stereocenters. The Balaban J connectivity index is 1.77. The van der Waals surface area contributed by atoms with Crippen LogP contribution >= 0.6 is 12.2 Å². The van der Waals surface area contributed by atoms with Crippen molar-refractivity contribution in [3.8, 4) is 0 Å². The summed E-state index contributed by atoms with van der Waals surface area (Å²) < 4.78 is 19.3. The molecule has 122 valence electrons. The summed E-state index contributed by atoms with van der Waals surface area (Å²) in [6, 6.07) is 20.2. The van der Waals surface area contributed by atoms with Gasteiger partial charge in [-0.1, -0.05) is 42.5 Å². The minimum absolute atomic E-state index is 0.336. The summed E-state index contributed by atoms with van der Waals surface area (Å²) in [6.45, 7) is 1.10. The Morgan fingerprint density at radius 2 is 1.71 bits per heavy atom. The van der Waals surface area contributed by atoms with Gasteiger partial charge in [0.15, 0.2) is 5.11 Å². The maximum absolute atomic E-state index is 13.9. The molecule has 5 heteroatoms. The van der Waals surface area contributed by atoms with Crippen LogP contribution in [-0.2, 0) is 13.1 Å². The smallest absolute Gasteiger partial charge is 0.174 e. The van der Waals surface area contributed by atoms with Gasteiger partial charge in [-0.05, 0) is 42.0 Å². The number of hydrogen-bond donors (Lipinski definition) is 1. The van der Waals surface area contributed by atoms with Crippen LogP contribution in [0.5, 0.6) is 0 Å². The minimum Gasteiger partial charge on any atom is -0.467 e. The van der Waals surface area contributed by atoms with E-state index in [0.29, 0.717) is 23.9 Å². The van der Waals surface area contributed by atoms with Crippen LogP contribution < -0.4 is 5.32 Å². The number of hydrogen-bond acceptors (Lipinski definition) is 2. The van der Waals surface area contributed by atoms with E-state index in [2.05, 4.69) is 5.32 Å². The topological polar surface area (TPSA) is 28.4 Å². The highest BCUT2D eigenvalue weighted by molar-refractivity contribution is 7.80. The maximum Gasteiger partial charge on any atom is 0.174 e. The molecule has 3 rings (SSSR count). The predicted octanol–water partition coefficient (Wildman–Crippen LogP) is 4.82. The number of furan rings is 1. The van der Waals surface area contributed by atoms with Crippen LogP contribution in [0.4, 0.5) is 10.1 Å². The Labute approximate surface area is 145 Å².